The Bertz CT molecular complexity index is 378. The maximum atomic E-state index is 12.0. The SMILES string of the molecule is CCCNC(CS(=O)CCOC)c1ccc(C)cc1. The number of methoxy groups -OCH3 is 1. The predicted octanol–water partition coefficient (Wildman–Crippen LogP) is 2.43. The molecule has 1 aromatic rings. The van der Waals surface area contributed by atoms with Crippen LogP contribution in [0.1, 0.15) is 30.5 Å². The van der Waals surface area contributed by atoms with Crippen LogP contribution in [-0.2, 0) is 15.5 Å². The third kappa shape index (κ3) is 6.32. The number of hydrogen-bond acceptors (Lipinski definition) is 3. The molecule has 0 aliphatic heterocycles. The van der Waals surface area contributed by atoms with Crippen molar-refractivity contribution in [1.29, 1.82) is 0 Å². The first kappa shape index (κ1) is 16.3. The lowest BCUT2D eigenvalue weighted by Gasteiger charge is -2.19. The van der Waals surface area contributed by atoms with E-state index in [0.29, 0.717) is 18.1 Å². The van der Waals surface area contributed by atoms with Crippen LogP contribution in [0.2, 0.25) is 0 Å². The van der Waals surface area contributed by atoms with E-state index in [0.717, 1.165) is 13.0 Å². The monoisotopic (exact) mass is 283 g/mol. The van der Waals surface area contributed by atoms with Gasteiger partial charge in [0.15, 0.2) is 0 Å². The average Bonchev–Trinajstić information content (AvgIpc) is 2.42. The van der Waals surface area contributed by atoms with Gasteiger partial charge < -0.3 is 10.1 Å². The summed E-state index contributed by atoms with van der Waals surface area (Å²) in [6, 6.07) is 8.62. The van der Waals surface area contributed by atoms with E-state index in [1.165, 1.54) is 11.1 Å². The number of benzene rings is 1. The van der Waals surface area contributed by atoms with E-state index in [1.54, 1.807) is 7.11 Å². The van der Waals surface area contributed by atoms with Crippen molar-refractivity contribution in [3.63, 3.8) is 0 Å². The predicted molar refractivity (Wildman–Crippen MR) is 82.0 cm³/mol. The maximum absolute atomic E-state index is 12.0. The molecule has 0 bridgehead atoms. The molecule has 0 saturated heterocycles. The molecular formula is C15H25NO2S. The summed E-state index contributed by atoms with van der Waals surface area (Å²) >= 11 is 0. The van der Waals surface area contributed by atoms with Crippen molar-refractivity contribution in [2.45, 2.75) is 26.3 Å². The van der Waals surface area contributed by atoms with E-state index in [2.05, 4.69) is 43.4 Å². The van der Waals surface area contributed by atoms with Crippen molar-refractivity contribution >= 4 is 10.8 Å². The van der Waals surface area contributed by atoms with E-state index in [4.69, 9.17) is 4.74 Å². The van der Waals surface area contributed by atoms with Crippen LogP contribution in [0, 0.1) is 6.92 Å². The van der Waals surface area contributed by atoms with Crippen LogP contribution in [0.3, 0.4) is 0 Å². The Hall–Kier alpha value is -0.710. The summed E-state index contributed by atoms with van der Waals surface area (Å²) in [7, 11) is 0.796. The van der Waals surface area contributed by atoms with Crippen LogP contribution < -0.4 is 5.32 Å². The second-order valence-electron chi connectivity index (χ2n) is 4.72. The third-order valence-electron chi connectivity index (χ3n) is 2.99. The molecule has 0 fully saturated rings. The van der Waals surface area contributed by atoms with Crippen molar-refractivity contribution in [3.8, 4) is 0 Å². The number of hydrogen-bond donors (Lipinski definition) is 1. The van der Waals surface area contributed by atoms with Crippen LogP contribution in [0.25, 0.3) is 0 Å². The summed E-state index contributed by atoms with van der Waals surface area (Å²) in [5.74, 6) is 1.25. The molecule has 0 radical (unpaired) electrons. The summed E-state index contributed by atoms with van der Waals surface area (Å²) in [4.78, 5) is 0. The fraction of sp³-hybridized carbons (Fsp3) is 0.600. The third-order valence-corrected chi connectivity index (χ3v) is 4.32. The zero-order valence-electron chi connectivity index (χ0n) is 12.1. The minimum Gasteiger partial charge on any atom is -0.384 e. The van der Waals surface area contributed by atoms with Crippen molar-refractivity contribution in [3.05, 3.63) is 35.4 Å². The van der Waals surface area contributed by atoms with Gasteiger partial charge in [-0.2, -0.15) is 0 Å². The Morgan fingerprint density at radius 3 is 2.58 bits per heavy atom. The summed E-state index contributed by atoms with van der Waals surface area (Å²) in [6.07, 6.45) is 1.08. The first-order valence-corrected chi connectivity index (χ1v) is 8.30. The Labute approximate surface area is 119 Å². The molecule has 0 amide bonds. The van der Waals surface area contributed by atoms with E-state index in [-0.39, 0.29) is 6.04 Å². The van der Waals surface area contributed by atoms with Gasteiger partial charge in [0.1, 0.15) is 0 Å². The summed E-state index contributed by atoms with van der Waals surface area (Å²) < 4.78 is 17.0. The lowest BCUT2D eigenvalue weighted by molar-refractivity contribution is 0.218. The normalized spacial score (nSPS) is 14.3. The second-order valence-corrected chi connectivity index (χ2v) is 6.34. The standard InChI is InChI=1S/C15H25NO2S/c1-4-9-16-15(12-19(17)11-10-18-3)14-7-5-13(2)6-8-14/h5-8,15-16H,4,9-12H2,1-3H3. The number of ether oxygens (including phenoxy) is 1. The molecule has 0 aliphatic carbocycles. The van der Waals surface area contributed by atoms with Gasteiger partial charge in [-0.25, -0.2) is 0 Å². The van der Waals surface area contributed by atoms with E-state index < -0.39 is 10.8 Å². The first-order valence-electron chi connectivity index (χ1n) is 6.81. The molecule has 4 heteroatoms. The van der Waals surface area contributed by atoms with Crippen LogP contribution in [0.5, 0.6) is 0 Å². The minimum absolute atomic E-state index is 0.165. The van der Waals surface area contributed by atoms with Gasteiger partial charge in [0.25, 0.3) is 0 Å². The Balaban J connectivity index is 2.65. The highest BCUT2D eigenvalue weighted by atomic mass is 32.2. The molecule has 1 N–H and O–H groups in total. The fourth-order valence-electron chi connectivity index (χ4n) is 1.84. The summed E-state index contributed by atoms with van der Waals surface area (Å²) in [5, 5.41) is 3.48. The van der Waals surface area contributed by atoms with Crippen LogP contribution >= 0.6 is 0 Å². The molecule has 2 unspecified atom stereocenters. The van der Waals surface area contributed by atoms with Crippen molar-refractivity contribution in [2.24, 2.45) is 0 Å². The highest BCUT2D eigenvalue weighted by Crippen LogP contribution is 2.15. The molecule has 108 valence electrons. The molecular weight excluding hydrogens is 258 g/mol. The second kappa shape index (κ2) is 9.23. The highest BCUT2D eigenvalue weighted by molar-refractivity contribution is 7.85. The zero-order chi connectivity index (χ0) is 14.1. The number of aryl methyl sites for hydroxylation is 1. The molecule has 0 aromatic heterocycles. The fourth-order valence-corrected chi connectivity index (χ4v) is 3.04. The topological polar surface area (TPSA) is 38.3 Å². The van der Waals surface area contributed by atoms with Crippen molar-refractivity contribution < 1.29 is 8.95 Å². The van der Waals surface area contributed by atoms with Crippen LogP contribution in [0.15, 0.2) is 24.3 Å². The van der Waals surface area contributed by atoms with Gasteiger partial charge in [-0.1, -0.05) is 36.8 Å². The van der Waals surface area contributed by atoms with E-state index in [1.807, 2.05) is 0 Å². The van der Waals surface area contributed by atoms with Gasteiger partial charge in [0, 0.05) is 35.5 Å². The summed E-state index contributed by atoms with van der Waals surface area (Å²) in [6.45, 7) is 5.72. The van der Waals surface area contributed by atoms with Gasteiger partial charge in [0.05, 0.1) is 6.61 Å². The molecule has 1 rings (SSSR count). The Morgan fingerprint density at radius 1 is 1.32 bits per heavy atom. The Morgan fingerprint density at radius 2 is 2.00 bits per heavy atom. The van der Waals surface area contributed by atoms with E-state index in [9.17, 15) is 4.21 Å². The lowest BCUT2D eigenvalue weighted by Crippen LogP contribution is -2.28. The highest BCUT2D eigenvalue weighted by Gasteiger charge is 2.14. The Kier molecular flexibility index (Phi) is 7.94. The van der Waals surface area contributed by atoms with Crippen molar-refractivity contribution in [1.82, 2.24) is 5.32 Å². The zero-order valence-corrected chi connectivity index (χ0v) is 13.0. The van der Waals surface area contributed by atoms with E-state index >= 15 is 0 Å². The van der Waals surface area contributed by atoms with Crippen LogP contribution in [0.4, 0.5) is 0 Å². The van der Waals surface area contributed by atoms with Gasteiger partial charge in [-0.3, -0.25) is 4.21 Å². The van der Waals surface area contributed by atoms with Gasteiger partial charge in [-0.05, 0) is 25.5 Å². The van der Waals surface area contributed by atoms with Gasteiger partial charge >= 0.3 is 0 Å². The summed E-state index contributed by atoms with van der Waals surface area (Å²) in [5.41, 5.74) is 2.46. The molecule has 3 nitrogen and oxygen atoms in total. The molecule has 0 heterocycles. The number of rotatable bonds is 9. The molecule has 1 aromatic carbocycles. The smallest absolute Gasteiger partial charge is 0.0577 e. The average molecular weight is 283 g/mol. The molecule has 0 aliphatic rings. The molecule has 2 atom stereocenters. The number of nitrogens with one attached hydrogen (secondary N) is 1. The maximum Gasteiger partial charge on any atom is 0.0577 e. The first-order chi connectivity index (χ1) is 9.17. The lowest BCUT2D eigenvalue weighted by atomic mass is 10.1. The largest absolute Gasteiger partial charge is 0.384 e. The van der Waals surface area contributed by atoms with Gasteiger partial charge in [0.2, 0.25) is 0 Å². The van der Waals surface area contributed by atoms with Crippen LogP contribution in [-0.4, -0.2) is 36.0 Å². The molecule has 19 heavy (non-hydrogen) atoms. The van der Waals surface area contributed by atoms with Crippen molar-refractivity contribution in [2.75, 3.05) is 31.8 Å². The quantitative estimate of drug-likeness (QED) is 0.756. The minimum atomic E-state index is -0.847. The molecule has 0 saturated carbocycles. The molecule has 0 spiro atoms. The van der Waals surface area contributed by atoms with Gasteiger partial charge in [-0.15, -0.1) is 0 Å².